The molecule has 1 N–H and O–H groups in total. The topological polar surface area (TPSA) is 71.4 Å². The highest BCUT2D eigenvalue weighted by molar-refractivity contribution is 7.74. The van der Waals surface area contributed by atoms with Crippen molar-refractivity contribution in [3.8, 4) is 5.75 Å². The number of rotatable bonds is 1. The molecule has 2 aromatic carbocycles. The van der Waals surface area contributed by atoms with Crippen LogP contribution < -0.4 is 9.64 Å². The lowest BCUT2D eigenvalue weighted by atomic mass is 9.70. The van der Waals surface area contributed by atoms with Crippen LogP contribution in [0.3, 0.4) is 0 Å². The highest BCUT2D eigenvalue weighted by atomic mass is 35.5. The van der Waals surface area contributed by atoms with Crippen molar-refractivity contribution in [2.75, 3.05) is 30.9 Å². The van der Waals surface area contributed by atoms with Gasteiger partial charge in [-0.3, -0.25) is 0 Å². The molecule has 0 saturated heterocycles. The van der Waals surface area contributed by atoms with Gasteiger partial charge in [-0.15, -0.1) is 0 Å². The molecular weight excluding hydrogens is 520 g/mol. The molecule has 2 heterocycles. The number of nitrogens with zero attached hydrogens (tertiary/aromatic N) is 2. The van der Waals surface area contributed by atoms with Crippen molar-refractivity contribution in [1.82, 2.24) is 0 Å². The van der Waals surface area contributed by atoms with Gasteiger partial charge in [-0.2, -0.15) is 10.6 Å². The summed E-state index contributed by atoms with van der Waals surface area (Å²) in [6.07, 6.45) is 10.0. The number of aliphatic hydroxyl groups excluding tert-OH is 1. The van der Waals surface area contributed by atoms with Crippen molar-refractivity contribution in [3.05, 3.63) is 70.3 Å². The third-order valence-corrected chi connectivity index (χ3v) is 9.42. The largest absolute Gasteiger partial charge is 0.491 e. The van der Waals surface area contributed by atoms with Gasteiger partial charge in [0.05, 0.1) is 18.4 Å². The molecule has 1 fully saturated rings. The van der Waals surface area contributed by atoms with Crippen molar-refractivity contribution in [3.63, 3.8) is 0 Å². The molecule has 5 rings (SSSR count). The predicted octanol–water partition coefficient (Wildman–Crippen LogP) is 6.59. The summed E-state index contributed by atoms with van der Waals surface area (Å²) >= 11 is 6.40. The zero-order valence-electron chi connectivity index (χ0n) is 22.1. The lowest BCUT2D eigenvalue weighted by molar-refractivity contribution is 0.0134. The van der Waals surface area contributed by atoms with E-state index in [1.165, 1.54) is 11.1 Å². The molecule has 2 bridgehead atoms. The fraction of sp³-hybridized carbons (Fsp3) is 0.533. The molecule has 38 heavy (non-hydrogen) atoms. The minimum absolute atomic E-state index is 0.0655. The molecule has 8 heteroatoms. The van der Waals surface area contributed by atoms with E-state index < -0.39 is 16.8 Å². The average molecular weight is 558 g/mol. The van der Waals surface area contributed by atoms with Crippen LogP contribution in [0.5, 0.6) is 5.75 Å². The standard InChI is InChI=1S/C30H38ClN2O4S/c1-36-28-8-3-2-6-16-38(35)32-30(34)22-11-14-29-27(18-22)33(20-24-10-13-26(24)28)19-23-9-12-25(31)17-21(23)7-4-5-15-37-29/h3,8-9,11-12,14,17-18,24,26,28,30,34H,2,4-7,10,13,15-16,19-20H2,1H3/q-1. The number of ether oxygens (including phenoxy) is 2. The zero-order chi connectivity index (χ0) is 26.5. The lowest BCUT2D eigenvalue weighted by Gasteiger charge is -2.43. The second kappa shape index (κ2) is 12.9. The van der Waals surface area contributed by atoms with E-state index in [2.05, 4.69) is 33.5 Å². The first kappa shape index (κ1) is 27.5. The number of benzene rings is 2. The number of fused-ring (bicyclic) bond motifs is 3. The number of aryl methyl sites for hydroxylation is 1. The summed E-state index contributed by atoms with van der Waals surface area (Å²) in [5.74, 6) is 2.14. The van der Waals surface area contributed by atoms with Crippen molar-refractivity contribution in [2.24, 2.45) is 16.2 Å². The SMILES string of the molecule is COC1C=CCCC[S-](=O)=NC(O)c2ccc3c(c2)N(Cc2ccc(Cl)cc2CCCCO3)CC2CCC21. The van der Waals surface area contributed by atoms with Crippen molar-refractivity contribution >= 4 is 27.9 Å². The molecule has 3 aliphatic rings. The Morgan fingerprint density at radius 1 is 1.13 bits per heavy atom. The number of anilines is 1. The number of hydrogen-bond donors (Lipinski definition) is 1. The number of aliphatic hydroxyl groups is 1. The van der Waals surface area contributed by atoms with E-state index in [0.29, 0.717) is 36.3 Å². The molecule has 0 spiro atoms. The maximum Gasteiger partial charge on any atom is 0.148 e. The molecule has 4 atom stereocenters. The fourth-order valence-corrected chi connectivity index (χ4v) is 6.87. The Morgan fingerprint density at radius 2 is 2.03 bits per heavy atom. The van der Waals surface area contributed by atoms with Gasteiger partial charge < -0.3 is 28.1 Å². The van der Waals surface area contributed by atoms with Crippen LogP contribution in [-0.2, 0) is 32.5 Å². The van der Waals surface area contributed by atoms with Gasteiger partial charge in [0.25, 0.3) is 0 Å². The van der Waals surface area contributed by atoms with Crippen molar-refractivity contribution < 1.29 is 18.8 Å². The second-order valence-electron chi connectivity index (χ2n) is 10.6. The summed E-state index contributed by atoms with van der Waals surface area (Å²) in [7, 11) is 0.333. The first-order valence-electron chi connectivity index (χ1n) is 13.8. The Bertz CT molecular complexity index is 1230. The van der Waals surface area contributed by atoms with Crippen molar-refractivity contribution in [1.29, 1.82) is 0 Å². The molecule has 1 saturated carbocycles. The van der Waals surface area contributed by atoms with Crippen LogP contribution in [0, 0.1) is 11.8 Å². The monoisotopic (exact) mass is 557 g/mol. The summed E-state index contributed by atoms with van der Waals surface area (Å²) < 4.78 is 29.0. The maximum atomic E-state index is 12.6. The normalized spacial score (nSPS) is 27.1. The minimum atomic E-state index is -1.46. The first-order chi connectivity index (χ1) is 18.5. The second-order valence-corrected chi connectivity index (χ2v) is 12.3. The summed E-state index contributed by atoms with van der Waals surface area (Å²) in [4.78, 5) is 2.39. The van der Waals surface area contributed by atoms with Crippen molar-refractivity contribution in [2.45, 2.75) is 63.8 Å². The number of methoxy groups -OCH3 is 1. The maximum absolute atomic E-state index is 12.6. The number of halogens is 1. The van der Waals surface area contributed by atoms with E-state index in [-0.39, 0.29) is 6.10 Å². The molecule has 0 aromatic heterocycles. The molecule has 0 amide bonds. The van der Waals surface area contributed by atoms with Crippen LogP contribution in [0.2, 0.25) is 5.02 Å². The minimum Gasteiger partial charge on any atom is -0.491 e. The van der Waals surface area contributed by atoms with Crippen LogP contribution in [0.15, 0.2) is 52.9 Å². The highest BCUT2D eigenvalue weighted by Crippen LogP contribution is 2.42. The molecule has 1 aliphatic carbocycles. The van der Waals surface area contributed by atoms with E-state index >= 15 is 0 Å². The summed E-state index contributed by atoms with van der Waals surface area (Å²) in [6.45, 7) is 2.18. The molecule has 6 nitrogen and oxygen atoms in total. The average Bonchev–Trinajstić information content (AvgIpc) is 2.92. The molecule has 2 aromatic rings. The summed E-state index contributed by atoms with van der Waals surface area (Å²) in [6, 6.07) is 12.0. The van der Waals surface area contributed by atoms with E-state index in [0.717, 1.165) is 68.0 Å². The Labute approximate surface area is 233 Å². The van der Waals surface area contributed by atoms with Gasteiger partial charge in [-0.1, -0.05) is 48.1 Å². The van der Waals surface area contributed by atoms with Gasteiger partial charge in [-0.25, -0.2) is 0 Å². The molecule has 0 radical (unpaired) electrons. The zero-order valence-corrected chi connectivity index (χ0v) is 23.6. The van der Waals surface area contributed by atoms with Gasteiger partial charge in [0.15, 0.2) is 0 Å². The van der Waals surface area contributed by atoms with Crippen LogP contribution in [0.4, 0.5) is 5.69 Å². The Hall–Kier alpha value is -2.06. The summed E-state index contributed by atoms with van der Waals surface area (Å²) in [5.41, 5.74) is 4.10. The Morgan fingerprint density at radius 3 is 2.84 bits per heavy atom. The van der Waals surface area contributed by atoms with Gasteiger partial charge in [0, 0.05) is 30.8 Å². The van der Waals surface area contributed by atoms with Gasteiger partial charge in [0.2, 0.25) is 0 Å². The number of allylic oxidation sites excluding steroid dienone is 1. The molecule has 206 valence electrons. The van der Waals surface area contributed by atoms with Crippen LogP contribution in [-0.4, -0.2) is 37.2 Å². The third-order valence-electron chi connectivity index (χ3n) is 8.11. The van der Waals surface area contributed by atoms with Gasteiger partial charge >= 0.3 is 0 Å². The van der Waals surface area contributed by atoms with Crippen LogP contribution in [0.1, 0.15) is 61.4 Å². The van der Waals surface area contributed by atoms with Crippen LogP contribution in [0.25, 0.3) is 0 Å². The van der Waals surface area contributed by atoms with Gasteiger partial charge in [0.1, 0.15) is 12.0 Å². The molecule has 4 unspecified atom stereocenters. The van der Waals surface area contributed by atoms with E-state index in [1.54, 1.807) is 7.11 Å². The Kier molecular flexibility index (Phi) is 9.31. The Balaban J connectivity index is 1.59. The van der Waals surface area contributed by atoms with E-state index in [1.807, 2.05) is 24.3 Å². The molecular formula is C30H38ClN2O4S-. The van der Waals surface area contributed by atoms with Crippen LogP contribution >= 0.6 is 11.6 Å². The van der Waals surface area contributed by atoms with E-state index in [9.17, 15) is 9.32 Å². The quantitative estimate of drug-likeness (QED) is 0.316. The number of hydrogen-bond acceptors (Lipinski definition) is 7. The predicted molar refractivity (Wildman–Crippen MR) is 153 cm³/mol. The summed E-state index contributed by atoms with van der Waals surface area (Å²) in [5, 5.41) is 11.7. The smallest absolute Gasteiger partial charge is 0.148 e. The first-order valence-corrected chi connectivity index (χ1v) is 15.4. The third kappa shape index (κ3) is 6.56. The van der Waals surface area contributed by atoms with E-state index in [4.69, 9.17) is 21.1 Å². The molecule has 2 aliphatic heterocycles. The highest BCUT2D eigenvalue weighted by Gasteiger charge is 2.37. The fourth-order valence-electron chi connectivity index (χ4n) is 5.81. The lowest BCUT2D eigenvalue weighted by Crippen LogP contribution is -2.43. The van der Waals surface area contributed by atoms with Gasteiger partial charge in [-0.05, 0) is 85.8 Å².